The van der Waals surface area contributed by atoms with Crippen LogP contribution in [-0.4, -0.2) is 23.6 Å². The van der Waals surface area contributed by atoms with Crippen molar-refractivity contribution in [3.05, 3.63) is 59.7 Å². The Morgan fingerprint density at radius 2 is 1.54 bits per heavy atom. The standard InChI is InChI=1S/C21H22N2O3/c1-2-13(24)11-12-18(20(22)25)23-21(26)19-16-9-5-3-7-14(16)15-8-4-6-10-17(15)19/h3-10,18-19H,2,11-12H2,1H3,(H2,22,25)(H,23,26)/t18-/m0/s1. The van der Waals surface area contributed by atoms with Crippen LogP contribution >= 0.6 is 0 Å². The van der Waals surface area contributed by atoms with Crippen molar-refractivity contribution in [1.29, 1.82) is 0 Å². The first-order valence-electron chi connectivity index (χ1n) is 8.82. The van der Waals surface area contributed by atoms with Crippen molar-refractivity contribution in [3.8, 4) is 11.1 Å². The summed E-state index contributed by atoms with van der Waals surface area (Å²) in [5, 5.41) is 2.75. The van der Waals surface area contributed by atoms with Crippen LogP contribution in [0.5, 0.6) is 0 Å². The number of fused-ring (bicyclic) bond motifs is 3. The van der Waals surface area contributed by atoms with Crippen molar-refractivity contribution in [3.63, 3.8) is 0 Å². The lowest BCUT2D eigenvalue weighted by Crippen LogP contribution is -2.46. The van der Waals surface area contributed by atoms with Crippen LogP contribution in [0.1, 0.15) is 43.2 Å². The normalized spacial score (nSPS) is 13.6. The molecule has 0 saturated heterocycles. The fourth-order valence-electron chi connectivity index (χ4n) is 3.46. The summed E-state index contributed by atoms with van der Waals surface area (Å²) < 4.78 is 0. The second-order valence-corrected chi connectivity index (χ2v) is 6.50. The van der Waals surface area contributed by atoms with E-state index in [9.17, 15) is 14.4 Å². The minimum absolute atomic E-state index is 0.0436. The summed E-state index contributed by atoms with van der Waals surface area (Å²) in [7, 11) is 0. The molecule has 0 aromatic heterocycles. The van der Waals surface area contributed by atoms with Gasteiger partial charge in [-0.05, 0) is 28.7 Å². The minimum Gasteiger partial charge on any atom is -0.368 e. The minimum atomic E-state index is -0.849. The summed E-state index contributed by atoms with van der Waals surface area (Å²) in [6, 6.07) is 14.7. The average Bonchev–Trinajstić information content (AvgIpc) is 2.99. The number of carbonyl (C=O) groups excluding carboxylic acids is 3. The molecule has 0 radical (unpaired) electrons. The summed E-state index contributed by atoms with van der Waals surface area (Å²) in [6.07, 6.45) is 0.856. The van der Waals surface area contributed by atoms with Crippen LogP contribution in [-0.2, 0) is 14.4 Å². The molecular formula is C21H22N2O3. The number of rotatable bonds is 7. The number of nitrogens with one attached hydrogen (secondary N) is 1. The zero-order valence-electron chi connectivity index (χ0n) is 14.7. The van der Waals surface area contributed by atoms with Gasteiger partial charge in [0.05, 0.1) is 5.92 Å². The van der Waals surface area contributed by atoms with Gasteiger partial charge in [0.15, 0.2) is 0 Å². The topological polar surface area (TPSA) is 89.3 Å². The summed E-state index contributed by atoms with van der Waals surface area (Å²) in [4.78, 5) is 36.3. The molecule has 0 unspecified atom stereocenters. The summed E-state index contributed by atoms with van der Waals surface area (Å²) in [5.74, 6) is -1.33. The van der Waals surface area contributed by atoms with E-state index in [2.05, 4.69) is 5.32 Å². The number of Topliss-reactive ketones (excluding diaryl/α,β-unsaturated/α-hetero) is 1. The molecule has 1 atom stereocenters. The van der Waals surface area contributed by atoms with Crippen LogP contribution in [0.4, 0.5) is 0 Å². The van der Waals surface area contributed by atoms with E-state index in [1.54, 1.807) is 6.92 Å². The Kier molecular flexibility index (Phi) is 5.16. The number of carbonyl (C=O) groups is 3. The van der Waals surface area contributed by atoms with Gasteiger partial charge in [-0.15, -0.1) is 0 Å². The van der Waals surface area contributed by atoms with Gasteiger partial charge in [-0.2, -0.15) is 0 Å². The lowest BCUT2D eigenvalue weighted by atomic mass is 9.95. The average molecular weight is 350 g/mol. The predicted molar refractivity (Wildman–Crippen MR) is 99.4 cm³/mol. The maximum atomic E-state index is 13.0. The summed E-state index contributed by atoms with van der Waals surface area (Å²) >= 11 is 0. The largest absolute Gasteiger partial charge is 0.368 e. The van der Waals surface area contributed by atoms with E-state index >= 15 is 0 Å². The first kappa shape index (κ1) is 17.9. The Labute approximate surface area is 152 Å². The molecule has 3 rings (SSSR count). The van der Waals surface area contributed by atoms with Gasteiger partial charge in [0.25, 0.3) is 0 Å². The van der Waals surface area contributed by atoms with Crippen LogP contribution in [0.2, 0.25) is 0 Å². The van der Waals surface area contributed by atoms with E-state index in [4.69, 9.17) is 5.73 Å². The van der Waals surface area contributed by atoms with E-state index in [0.29, 0.717) is 6.42 Å². The van der Waals surface area contributed by atoms with Gasteiger partial charge in [0.2, 0.25) is 11.8 Å². The van der Waals surface area contributed by atoms with Crippen molar-refractivity contribution >= 4 is 17.6 Å². The molecule has 0 spiro atoms. The van der Waals surface area contributed by atoms with Gasteiger partial charge in [-0.25, -0.2) is 0 Å². The Morgan fingerprint density at radius 1 is 1.00 bits per heavy atom. The van der Waals surface area contributed by atoms with E-state index in [0.717, 1.165) is 22.3 Å². The number of hydrogen-bond acceptors (Lipinski definition) is 3. The smallest absolute Gasteiger partial charge is 0.240 e. The first-order chi connectivity index (χ1) is 12.5. The predicted octanol–water partition coefficient (Wildman–Crippen LogP) is 2.53. The third-order valence-corrected chi connectivity index (χ3v) is 4.86. The highest BCUT2D eigenvalue weighted by molar-refractivity contribution is 5.98. The molecular weight excluding hydrogens is 328 g/mol. The molecule has 0 aliphatic heterocycles. The second kappa shape index (κ2) is 7.52. The van der Waals surface area contributed by atoms with Crippen LogP contribution in [0.25, 0.3) is 11.1 Å². The molecule has 26 heavy (non-hydrogen) atoms. The highest BCUT2D eigenvalue weighted by Gasteiger charge is 2.34. The zero-order valence-corrected chi connectivity index (χ0v) is 14.7. The number of hydrogen-bond donors (Lipinski definition) is 2. The number of primary amides is 1. The van der Waals surface area contributed by atoms with Crippen molar-refractivity contribution in [1.82, 2.24) is 5.32 Å². The molecule has 5 heteroatoms. The molecule has 3 N–H and O–H groups in total. The molecule has 134 valence electrons. The van der Waals surface area contributed by atoms with Crippen molar-refractivity contribution < 1.29 is 14.4 Å². The van der Waals surface area contributed by atoms with Crippen LogP contribution in [0.15, 0.2) is 48.5 Å². The summed E-state index contributed by atoms with van der Waals surface area (Å²) in [5.41, 5.74) is 9.32. The van der Waals surface area contributed by atoms with Gasteiger partial charge in [-0.1, -0.05) is 55.5 Å². The molecule has 0 saturated carbocycles. The number of amides is 2. The molecule has 2 aromatic rings. The first-order valence-corrected chi connectivity index (χ1v) is 8.82. The van der Waals surface area contributed by atoms with Gasteiger partial charge in [-0.3, -0.25) is 14.4 Å². The third kappa shape index (κ3) is 3.38. The number of benzene rings is 2. The Balaban J connectivity index is 1.85. The second-order valence-electron chi connectivity index (χ2n) is 6.50. The molecule has 5 nitrogen and oxygen atoms in total. The monoisotopic (exact) mass is 350 g/mol. The molecule has 2 aromatic carbocycles. The van der Waals surface area contributed by atoms with Crippen LogP contribution in [0, 0.1) is 0 Å². The zero-order chi connectivity index (χ0) is 18.7. The number of ketones is 1. The van der Waals surface area contributed by atoms with Gasteiger partial charge < -0.3 is 11.1 Å². The van der Waals surface area contributed by atoms with Crippen LogP contribution < -0.4 is 11.1 Å². The maximum Gasteiger partial charge on any atom is 0.240 e. The lowest BCUT2D eigenvalue weighted by molar-refractivity contribution is -0.128. The molecule has 0 fully saturated rings. The van der Waals surface area contributed by atoms with Gasteiger partial charge >= 0.3 is 0 Å². The fraction of sp³-hybridized carbons (Fsp3) is 0.286. The molecule has 1 aliphatic rings. The van der Waals surface area contributed by atoms with Crippen LogP contribution in [0.3, 0.4) is 0 Å². The molecule has 0 bridgehead atoms. The lowest BCUT2D eigenvalue weighted by Gasteiger charge is -2.19. The van der Waals surface area contributed by atoms with Gasteiger partial charge in [0, 0.05) is 12.8 Å². The Bertz CT molecular complexity index is 814. The van der Waals surface area contributed by atoms with Crippen molar-refractivity contribution in [2.24, 2.45) is 5.73 Å². The van der Waals surface area contributed by atoms with E-state index < -0.39 is 17.9 Å². The highest BCUT2D eigenvalue weighted by atomic mass is 16.2. The quantitative estimate of drug-likeness (QED) is 0.804. The van der Waals surface area contributed by atoms with Gasteiger partial charge in [0.1, 0.15) is 11.8 Å². The van der Waals surface area contributed by atoms with Crippen molar-refractivity contribution in [2.75, 3.05) is 0 Å². The molecule has 1 aliphatic carbocycles. The van der Waals surface area contributed by atoms with E-state index in [1.165, 1.54) is 0 Å². The maximum absolute atomic E-state index is 13.0. The third-order valence-electron chi connectivity index (χ3n) is 4.86. The fourth-order valence-corrected chi connectivity index (χ4v) is 3.46. The van der Waals surface area contributed by atoms with E-state index in [-0.39, 0.29) is 24.5 Å². The van der Waals surface area contributed by atoms with E-state index in [1.807, 2.05) is 48.5 Å². The van der Waals surface area contributed by atoms with Crippen molar-refractivity contribution in [2.45, 2.75) is 38.1 Å². The Morgan fingerprint density at radius 3 is 2.04 bits per heavy atom. The molecule has 2 amide bonds. The Hall–Kier alpha value is -2.95. The number of nitrogens with two attached hydrogens (primary N) is 1. The highest BCUT2D eigenvalue weighted by Crippen LogP contribution is 2.44. The SMILES string of the molecule is CCC(=O)CC[C@H](NC(=O)C1c2ccccc2-c2ccccc21)C(N)=O. The summed E-state index contributed by atoms with van der Waals surface area (Å²) in [6.45, 7) is 1.77. The molecule has 0 heterocycles.